The average Bonchev–Trinajstić information content (AvgIpc) is 2.85. The summed E-state index contributed by atoms with van der Waals surface area (Å²) in [5, 5.41) is 6.20. The fraction of sp³-hybridized carbons (Fsp3) is 0.500. The number of hydrogen-bond donors (Lipinski definition) is 3. The Bertz CT molecular complexity index is 739. The second kappa shape index (κ2) is 7.31. The minimum atomic E-state index is -3.55. The lowest BCUT2D eigenvalue weighted by Gasteiger charge is -2.22. The first-order valence-electron chi connectivity index (χ1n) is 8.20. The number of benzene rings is 1. The van der Waals surface area contributed by atoms with Crippen molar-refractivity contribution in [3.63, 3.8) is 0 Å². The Morgan fingerprint density at radius 3 is 2.96 bits per heavy atom. The van der Waals surface area contributed by atoms with E-state index in [-0.39, 0.29) is 23.2 Å². The van der Waals surface area contributed by atoms with Gasteiger partial charge in [0, 0.05) is 12.1 Å². The first-order valence-corrected chi connectivity index (χ1v) is 9.69. The highest BCUT2D eigenvalue weighted by molar-refractivity contribution is 7.90. The summed E-state index contributed by atoms with van der Waals surface area (Å²) in [4.78, 5) is 16.2. The third kappa shape index (κ3) is 3.93. The maximum absolute atomic E-state index is 12.0. The van der Waals surface area contributed by atoms with Crippen LogP contribution in [0.25, 0.3) is 0 Å². The van der Waals surface area contributed by atoms with Crippen LogP contribution in [0.4, 0.5) is 0 Å². The van der Waals surface area contributed by atoms with Crippen LogP contribution in [0.15, 0.2) is 34.2 Å². The van der Waals surface area contributed by atoms with E-state index in [4.69, 9.17) is 0 Å². The number of rotatable bonds is 5. The second-order valence-electron chi connectivity index (χ2n) is 6.12. The standard InChI is InChI=1S/C16H22N4O3S/c21-15(18-9-7-12-4-3-8-17-10-12)11-19-16-13-5-1-2-6-14(13)24(22,23)20-16/h1-2,5-6,12,17H,3-4,7-11H2,(H,18,21)(H,19,20). The Balaban J connectivity index is 1.51. The number of amides is 1. The normalized spacial score (nSPS) is 23.5. The van der Waals surface area contributed by atoms with Crippen molar-refractivity contribution in [2.45, 2.75) is 24.2 Å². The van der Waals surface area contributed by atoms with Crippen molar-refractivity contribution in [2.24, 2.45) is 10.9 Å². The van der Waals surface area contributed by atoms with Crippen molar-refractivity contribution in [3.05, 3.63) is 29.8 Å². The molecule has 0 bridgehead atoms. The van der Waals surface area contributed by atoms with Crippen LogP contribution in [0.5, 0.6) is 0 Å². The molecule has 0 aromatic heterocycles. The van der Waals surface area contributed by atoms with Gasteiger partial charge in [-0.2, -0.15) is 0 Å². The van der Waals surface area contributed by atoms with Crippen molar-refractivity contribution in [1.29, 1.82) is 0 Å². The number of nitrogens with one attached hydrogen (secondary N) is 3. The van der Waals surface area contributed by atoms with Crippen molar-refractivity contribution >= 4 is 21.8 Å². The minimum absolute atomic E-state index is 0.0882. The van der Waals surface area contributed by atoms with Crippen LogP contribution in [0, 0.1) is 5.92 Å². The highest BCUT2D eigenvalue weighted by atomic mass is 32.2. The Morgan fingerprint density at radius 1 is 1.33 bits per heavy atom. The number of fused-ring (bicyclic) bond motifs is 1. The Hall–Kier alpha value is -1.93. The number of nitrogens with zero attached hydrogens (tertiary/aromatic N) is 1. The van der Waals surface area contributed by atoms with Gasteiger partial charge in [-0.05, 0) is 50.4 Å². The van der Waals surface area contributed by atoms with Gasteiger partial charge >= 0.3 is 0 Å². The number of aliphatic imine (C=N–C) groups is 1. The molecule has 1 fully saturated rings. The van der Waals surface area contributed by atoms with E-state index in [1.807, 2.05) is 0 Å². The molecule has 3 rings (SSSR count). The molecule has 0 aliphatic carbocycles. The van der Waals surface area contributed by atoms with Gasteiger partial charge in [0.15, 0.2) is 0 Å². The van der Waals surface area contributed by atoms with Gasteiger partial charge in [0.25, 0.3) is 10.0 Å². The summed E-state index contributed by atoms with van der Waals surface area (Å²) in [5.41, 5.74) is 0.513. The molecule has 7 nitrogen and oxygen atoms in total. The van der Waals surface area contributed by atoms with Crippen molar-refractivity contribution in [1.82, 2.24) is 15.4 Å². The zero-order valence-corrected chi connectivity index (χ0v) is 14.2. The molecule has 2 heterocycles. The minimum Gasteiger partial charge on any atom is -0.354 e. The maximum Gasteiger partial charge on any atom is 0.263 e. The molecule has 130 valence electrons. The van der Waals surface area contributed by atoms with Gasteiger partial charge in [-0.25, -0.2) is 8.42 Å². The third-order valence-corrected chi connectivity index (χ3v) is 5.71. The lowest BCUT2D eigenvalue weighted by atomic mass is 9.96. The van der Waals surface area contributed by atoms with Crippen LogP contribution >= 0.6 is 0 Å². The molecule has 0 spiro atoms. The molecule has 8 heteroatoms. The molecule has 1 atom stereocenters. The fourth-order valence-corrected chi connectivity index (χ4v) is 4.30. The Kier molecular flexibility index (Phi) is 5.15. The maximum atomic E-state index is 12.0. The quantitative estimate of drug-likeness (QED) is 0.708. The largest absolute Gasteiger partial charge is 0.354 e. The summed E-state index contributed by atoms with van der Waals surface area (Å²) >= 11 is 0. The molecule has 0 saturated carbocycles. The predicted molar refractivity (Wildman–Crippen MR) is 91.4 cm³/mol. The molecular formula is C16H22N4O3S. The van der Waals surface area contributed by atoms with Crippen LogP contribution in [-0.4, -0.2) is 46.3 Å². The molecular weight excluding hydrogens is 328 g/mol. The van der Waals surface area contributed by atoms with E-state index in [2.05, 4.69) is 20.3 Å². The van der Waals surface area contributed by atoms with E-state index < -0.39 is 10.0 Å². The van der Waals surface area contributed by atoms with E-state index in [0.29, 0.717) is 18.0 Å². The molecule has 24 heavy (non-hydrogen) atoms. The van der Waals surface area contributed by atoms with E-state index in [0.717, 1.165) is 19.5 Å². The van der Waals surface area contributed by atoms with Crippen LogP contribution in [0.2, 0.25) is 0 Å². The summed E-state index contributed by atoms with van der Waals surface area (Å²) < 4.78 is 26.3. The van der Waals surface area contributed by atoms with E-state index in [1.165, 1.54) is 18.9 Å². The van der Waals surface area contributed by atoms with Crippen molar-refractivity contribution in [3.8, 4) is 0 Å². The Labute approximate surface area is 142 Å². The number of amidine groups is 1. The van der Waals surface area contributed by atoms with Crippen LogP contribution in [0.3, 0.4) is 0 Å². The summed E-state index contributed by atoms with van der Waals surface area (Å²) in [5.74, 6) is 0.644. The summed E-state index contributed by atoms with van der Waals surface area (Å²) in [6.45, 7) is 2.63. The zero-order chi connectivity index (χ0) is 17.0. The zero-order valence-electron chi connectivity index (χ0n) is 13.4. The van der Waals surface area contributed by atoms with Gasteiger partial charge in [0.1, 0.15) is 12.4 Å². The Morgan fingerprint density at radius 2 is 2.17 bits per heavy atom. The van der Waals surface area contributed by atoms with Gasteiger partial charge in [0.2, 0.25) is 5.91 Å². The molecule has 3 N–H and O–H groups in total. The highest BCUT2D eigenvalue weighted by Gasteiger charge is 2.30. The molecule has 2 aliphatic heterocycles. The molecule has 1 saturated heterocycles. The van der Waals surface area contributed by atoms with Crippen molar-refractivity contribution in [2.75, 3.05) is 26.2 Å². The lowest BCUT2D eigenvalue weighted by molar-refractivity contribution is -0.119. The predicted octanol–water partition coefficient (Wildman–Crippen LogP) is 0.231. The number of sulfonamides is 1. The summed E-state index contributed by atoms with van der Waals surface area (Å²) in [6, 6.07) is 6.61. The first kappa shape index (κ1) is 16.9. The van der Waals surface area contributed by atoms with Crippen molar-refractivity contribution < 1.29 is 13.2 Å². The van der Waals surface area contributed by atoms with Gasteiger partial charge in [-0.1, -0.05) is 12.1 Å². The number of piperidine rings is 1. The van der Waals surface area contributed by atoms with Gasteiger partial charge < -0.3 is 10.6 Å². The number of carbonyl (C=O) groups is 1. The van der Waals surface area contributed by atoms with Crippen LogP contribution < -0.4 is 15.4 Å². The monoisotopic (exact) mass is 350 g/mol. The van der Waals surface area contributed by atoms with E-state index in [9.17, 15) is 13.2 Å². The fourth-order valence-electron chi connectivity index (χ4n) is 3.04. The third-order valence-electron chi connectivity index (χ3n) is 4.32. The highest BCUT2D eigenvalue weighted by Crippen LogP contribution is 2.22. The molecule has 1 aromatic carbocycles. The number of carbonyl (C=O) groups excluding carboxylic acids is 1. The number of hydrogen-bond acceptors (Lipinski definition) is 5. The molecule has 1 amide bonds. The summed E-state index contributed by atoms with van der Waals surface area (Å²) in [6.07, 6.45) is 3.33. The lowest BCUT2D eigenvalue weighted by Crippen LogP contribution is -2.34. The molecule has 1 unspecified atom stereocenters. The first-order chi connectivity index (χ1) is 11.6. The topological polar surface area (TPSA) is 99.7 Å². The molecule has 1 aromatic rings. The summed E-state index contributed by atoms with van der Waals surface area (Å²) in [7, 11) is -3.55. The average molecular weight is 350 g/mol. The van der Waals surface area contributed by atoms with E-state index in [1.54, 1.807) is 18.2 Å². The SMILES string of the molecule is O=C(CN=C1NS(=O)(=O)c2ccccc21)NCCC1CCCNC1. The second-order valence-corrected chi connectivity index (χ2v) is 7.77. The van der Waals surface area contributed by atoms with Gasteiger partial charge in [0.05, 0.1) is 4.90 Å². The van der Waals surface area contributed by atoms with Crippen LogP contribution in [-0.2, 0) is 14.8 Å². The van der Waals surface area contributed by atoms with Gasteiger partial charge in [-0.3, -0.25) is 14.5 Å². The van der Waals surface area contributed by atoms with Crippen LogP contribution in [0.1, 0.15) is 24.8 Å². The smallest absolute Gasteiger partial charge is 0.263 e. The molecule has 2 aliphatic rings. The molecule has 0 radical (unpaired) electrons. The van der Waals surface area contributed by atoms with Gasteiger partial charge in [-0.15, -0.1) is 0 Å². The van der Waals surface area contributed by atoms with E-state index >= 15 is 0 Å².